The molecule has 1 aliphatic rings. The minimum absolute atomic E-state index is 0.0565. The van der Waals surface area contributed by atoms with Crippen molar-refractivity contribution < 1.29 is 0 Å². The molecule has 0 aromatic carbocycles. The van der Waals surface area contributed by atoms with Crippen molar-refractivity contribution in [3.05, 3.63) is 22.1 Å². The molecule has 1 saturated carbocycles. The second-order valence-corrected chi connectivity index (χ2v) is 6.62. The third-order valence-corrected chi connectivity index (χ3v) is 4.87. The van der Waals surface area contributed by atoms with E-state index in [-0.39, 0.29) is 5.56 Å². The lowest BCUT2D eigenvalue weighted by Crippen LogP contribution is -2.37. The summed E-state index contributed by atoms with van der Waals surface area (Å²) >= 11 is 1.66. The van der Waals surface area contributed by atoms with Crippen molar-refractivity contribution in [2.45, 2.75) is 57.1 Å². The molecule has 0 spiro atoms. The van der Waals surface area contributed by atoms with Crippen LogP contribution in [0.15, 0.2) is 16.0 Å². The Balaban J connectivity index is 1.94. The molecule has 2 rings (SSSR count). The van der Waals surface area contributed by atoms with Gasteiger partial charge in [-0.1, -0.05) is 31.5 Å². The van der Waals surface area contributed by atoms with Crippen molar-refractivity contribution >= 4 is 11.8 Å². The number of nitrogens with zero attached hydrogens (tertiary/aromatic N) is 1. The maximum atomic E-state index is 11.5. The summed E-state index contributed by atoms with van der Waals surface area (Å²) in [5, 5.41) is 4.42. The molecule has 2 N–H and O–H groups in total. The highest BCUT2D eigenvalue weighted by molar-refractivity contribution is 7.99. The molecule has 112 valence electrons. The van der Waals surface area contributed by atoms with Gasteiger partial charge in [-0.25, -0.2) is 4.98 Å². The SMILES string of the molecule is CCCNC(CSc1nc(C)cc(=O)[nH]1)C1CCCC1. The zero-order chi connectivity index (χ0) is 14.4. The standard InChI is InChI=1S/C15H25N3OS/c1-3-8-16-13(12-6-4-5-7-12)10-20-15-17-11(2)9-14(19)18-15/h9,12-13,16H,3-8,10H2,1-2H3,(H,17,18,19). The molecule has 20 heavy (non-hydrogen) atoms. The van der Waals surface area contributed by atoms with Crippen LogP contribution < -0.4 is 10.9 Å². The van der Waals surface area contributed by atoms with E-state index >= 15 is 0 Å². The molecule has 0 amide bonds. The van der Waals surface area contributed by atoms with Gasteiger partial charge in [-0.3, -0.25) is 4.79 Å². The van der Waals surface area contributed by atoms with E-state index in [0.29, 0.717) is 6.04 Å². The van der Waals surface area contributed by atoms with Gasteiger partial charge in [0.1, 0.15) is 0 Å². The Labute approximate surface area is 125 Å². The van der Waals surface area contributed by atoms with Crippen molar-refractivity contribution in [2.75, 3.05) is 12.3 Å². The first-order valence-corrected chi connectivity index (χ1v) is 8.61. The number of rotatable bonds is 7. The molecule has 1 heterocycles. The van der Waals surface area contributed by atoms with Crippen LogP contribution in [0.2, 0.25) is 0 Å². The molecule has 0 aliphatic heterocycles. The van der Waals surface area contributed by atoms with Crippen molar-refractivity contribution in [2.24, 2.45) is 5.92 Å². The van der Waals surface area contributed by atoms with Crippen LogP contribution in [0.4, 0.5) is 0 Å². The van der Waals surface area contributed by atoms with Crippen LogP contribution in [-0.2, 0) is 0 Å². The maximum Gasteiger partial charge on any atom is 0.251 e. The summed E-state index contributed by atoms with van der Waals surface area (Å²) in [5.74, 6) is 1.77. The Kier molecular flexibility index (Phi) is 6.10. The molecular weight excluding hydrogens is 270 g/mol. The van der Waals surface area contributed by atoms with Gasteiger partial charge in [0.15, 0.2) is 5.16 Å². The van der Waals surface area contributed by atoms with Crippen LogP contribution in [0, 0.1) is 12.8 Å². The number of hydrogen-bond acceptors (Lipinski definition) is 4. The first-order valence-electron chi connectivity index (χ1n) is 7.63. The van der Waals surface area contributed by atoms with Crippen molar-refractivity contribution in [3.8, 4) is 0 Å². The third kappa shape index (κ3) is 4.63. The van der Waals surface area contributed by atoms with Crippen molar-refractivity contribution in [1.29, 1.82) is 0 Å². The van der Waals surface area contributed by atoms with E-state index in [1.165, 1.54) is 31.7 Å². The van der Waals surface area contributed by atoms with E-state index in [0.717, 1.165) is 35.5 Å². The smallest absolute Gasteiger partial charge is 0.251 e. The highest BCUT2D eigenvalue weighted by atomic mass is 32.2. The van der Waals surface area contributed by atoms with Gasteiger partial charge in [-0.15, -0.1) is 0 Å². The van der Waals surface area contributed by atoms with Crippen LogP contribution in [-0.4, -0.2) is 28.3 Å². The second kappa shape index (κ2) is 7.84. The van der Waals surface area contributed by atoms with Crippen molar-refractivity contribution in [1.82, 2.24) is 15.3 Å². The Morgan fingerprint density at radius 3 is 2.90 bits per heavy atom. The summed E-state index contributed by atoms with van der Waals surface area (Å²) in [6.45, 7) is 5.13. The summed E-state index contributed by atoms with van der Waals surface area (Å²) in [5.41, 5.74) is 0.731. The highest BCUT2D eigenvalue weighted by Gasteiger charge is 2.24. The first-order chi connectivity index (χ1) is 9.69. The van der Waals surface area contributed by atoms with E-state index < -0.39 is 0 Å². The fraction of sp³-hybridized carbons (Fsp3) is 0.733. The summed E-state index contributed by atoms with van der Waals surface area (Å²) < 4.78 is 0. The molecule has 1 fully saturated rings. The van der Waals surface area contributed by atoms with Crippen molar-refractivity contribution in [3.63, 3.8) is 0 Å². The van der Waals surface area contributed by atoms with E-state index in [1.54, 1.807) is 11.8 Å². The molecule has 1 atom stereocenters. The lowest BCUT2D eigenvalue weighted by Gasteiger charge is -2.24. The summed E-state index contributed by atoms with van der Waals surface area (Å²) in [6.07, 6.45) is 6.55. The van der Waals surface area contributed by atoms with Crippen LogP contribution in [0.3, 0.4) is 0 Å². The number of aryl methyl sites for hydroxylation is 1. The molecular formula is C15H25N3OS. The van der Waals surface area contributed by atoms with E-state index in [2.05, 4.69) is 22.2 Å². The van der Waals surface area contributed by atoms with Gasteiger partial charge >= 0.3 is 0 Å². The Morgan fingerprint density at radius 1 is 1.50 bits per heavy atom. The Morgan fingerprint density at radius 2 is 2.25 bits per heavy atom. The topological polar surface area (TPSA) is 57.8 Å². The van der Waals surface area contributed by atoms with Gasteiger partial charge in [-0.2, -0.15) is 0 Å². The van der Waals surface area contributed by atoms with E-state index in [9.17, 15) is 4.79 Å². The fourth-order valence-electron chi connectivity index (χ4n) is 2.84. The number of aromatic amines is 1. The zero-order valence-electron chi connectivity index (χ0n) is 12.4. The van der Waals surface area contributed by atoms with Gasteiger partial charge < -0.3 is 10.3 Å². The van der Waals surface area contributed by atoms with Crippen LogP contribution in [0.1, 0.15) is 44.7 Å². The monoisotopic (exact) mass is 295 g/mol. The number of nitrogens with one attached hydrogen (secondary N) is 2. The molecule has 0 radical (unpaired) electrons. The average molecular weight is 295 g/mol. The summed E-state index contributed by atoms with van der Waals surface area (Å²) in [7, 11) is 0. The third-order valence-electron chi connectivity index (χ3n) is 3.87. The maximum absolute atomic E-state index is 11.5. The number of H-pyrrole nitrogens is 1. The molecule has 1 aliphatic carbocycles. The quantitative estimate of drug-likeness (QED) is 0.600. The molecule has 5 heteroatoms. The number of hydrogen-bond donors (Lipinski definition) is 2. The van der Waals surface area contributed by atoms with Crippen LogP contribution >= 0.6 is 11.8 Å². The molecule has 0 saturated heterocycles. The Bertz CT molecular complexity index is 468. The molecule has 1 unspecified atom stereocenters. The van der Waals surface area contributed by atoms with Gasteiger partial charge in [0, 0.05) is 23.6 Å². The summed E-state index contributed by atoms with van der Waals surface area (Å²) in [6, 6.07) is 2.07. The van der Waals surface area contributed by atoms with Crippen LogP contribution in [0.25, 0.3) is 0 Å². The number of thioether (sulfide) groups is 1. The molecule has 4 nitrogen and oxygen atoms in total. The predicted octanol–water partition coefficient (Wildman–Crippen LogP) is 2.73. The predicted molar refractivity (Wildman–Crippen MR) is 84.4 cm³/mol. The molecule has 1 aromatic rings. The zero-order valence-corrected chi connectivity index (χ0v) is 13.3. The first kappa shape index (κ1) is 15.6. The van der Waals surface area contributed by atoms with Gasteiger partial charge in [0.25, 0.3) is 5.56 Å². The normalized spacial score (nSPS) is 17.5. The number of aromatic nitrogens is 2. The average Bonchev–Trinajstić information content (AvgIpc) is 2.91. The minimum Gasteiger partial charge on any atom is -0.313 e. The van der Waals surface area contributed by atoms with E-state index in [1.807, 2.05) is 6.92 Å². The second-order valence-electron chi connectivity index (χ2n) is 5.61. The van der Waals surface area contributed by atoms with Crippen LogP contribution in [0.5, 0.6) is 0 Å². The molecule has 1 aromatic heterocycles. The largest absolute Gasteiger partial charge is 0.313 e. The molecule has 0 bridgehead atoms. The minimum atomic E-state index is -0.0565. The summed E-state index contributed by atoms with van der Waals surface area (Å²) in [4.78, 5) is 18.7. The van der Waals surface area contributed by atoms with Gasteiger partial charge in [0.05, 0.1) is 0 Å². The van der Waals surface area contributed by atoms with Gasteiger partial charge in [0.2, 0.25) is 0 Å². The highest BCUT2D eigenvalue weighted by Crippen LogP contribution is 2.30. The van der Waals surface area contributed by atoms with E-state index in [4.69, 9.17) is 0 Å². The Hall–Kier alpha value is -0.810. The fourth-order valence-corrected chi connectivity index (χ4v) is 3.95. The lowest BCUT2D eigenvalue weighted by molar-refractivity contribution is 0.387. The lowest BCUT2D eigenvalue weighted by atomic mass is 10.00. The van der Waals surface area contributed by atoms with Gasteiger partial charge in [-0.05, 0) is 38.6 Å².